The second kappa shape index (κ2) is 5.05. The van der Waals surface area contributed by atoms with E-state index < -0.39 is 24.1 Å². The third kappa shape index (κ3) is 2.42. The van der Waals surface area contributed by atoms with Crippen LogP contribution >= 0.6 is 11.6 Å². The average molecular weight is 294 g/mol. The average Bonchev–Trinajstić information content (AvgIpc) is 2.81. The van der Waals surface area contributed by atoms with Crippen molar-refractivity contribution in [3.05, 3.63) is 58.9 Å². The van der Waals surface area contributed by atoms with E-state index in [4.69, 9.17) is 16.3 Å². The van der Waals surface area contributed by atoms with Gasteiger partial charge in [0.2, 0.25) is 0 Å². The van der Waals surface area contributed by atoms with Gasteiger partial charge in [-0.1, -0.05) is 23.7 Å². The molecule has 20 heavy (non-hydrogen) atoms. The van der Waals surface area contributed by atoms with Gasteiger partial charge in [0.05, 0.1) is 5.69 Å². The monoisotopic (exact) mass is 293 g/mol. The summed E-state index contributed by atoms with van der Waals surface area (Å²) < 4.78 is 18.5. The zero-order valence-corrected chi connectivity index (χ0v) is 10.8. The lowest BCUT2D eigenvalue weighted by atomic mass is 10.0. The minimum Gasteiger partial charge on any atom is -0.439 e. The summed E-state index contributed by atoms with van der Waals surface area (Å²) in [6, 6.07) is 6.88. The molecule has 2 heterocycles. The lowest BCUT2D eigenvalue weighted by Gasteiger charge is -2.16. The molecule has 3 rings (SSSR count). The summed E-state index contributed by atoms with van der Waals surface area (Å²) in [5.74, 6) is -0.398. The summed E-state index contributed by atoms with van der Waals surface area (Å²) in [7, 11) is 0. The van der Waals surface area contributed by atoms with Crippen molar-refractivity contribution in [1.82, 2.24) is 15.3 Å². The third-order valence-corrected chi connectivity index (χ3v) is 3.17. The van der Waals surface area contributed by atoms with Crippen molar-refractivity contribution in [2.45, 2.75) is 12.1 Å². The van der Waals surface area contributed by atoms with E-state index in [9.17, 15) is 9.18 Å². The topological polar surface area (TPSA) is 64.1 Å². The van der Waals surface area contributed by atoms with Crippen LogP contribution in [0.3, 0.4) is 0 Å². The van der Waals surface area contributed by atoms with Crippen molar-refractivity contribution in [2.24, 2.45) is 0 Å². The zero-order valence-electron chi connectivity index (χ0n) is 10.1. The van der Waals surface area contributed by atoms with E-state index in [1.54, 1.807) is 12.1 Å². The Bertz CT molecular complexity index is 612. The van der Waals surface area contributed by atoms with Gasteiger partial charge in [0.1, 0.15) is 23.3 Å². The van der Waals surface area contributed by atoms with Gasteiger partial charge in [-0.2, -0.15) is 0 Å². The van der Waals surface area contributed by atoms with E-state index in [1.165, 1.54) is 24.5 Å². The van der Waals surface area contributed by atoms with Crippen LogP contribution in [0.1, 0.15) is 23.4 Å². The number of carbonyl (C=O) groups is 1. The molecule has 1 saturated heterocycles. The van der Waals surface area contributed by atoms with Crippen molar-refractivity contribution in [3.8, 4) is 0 Å². The highest BCUT2D eigenvalue weighted by molar-refractivity contribution is 6.29. The standard InChI is InChI=1S/C13H9ClFN3O2/c14-10-5-9(16-6-17-10)11-12(20-13(19)18-11)7-2-1-3-8(15)4-7/h1-6,11-12H,(H,18,19). The van der Waals surface area contributed by atoms with Crippen molar-refractivity contribution >= 4 is 17.7 Å². The molecule has 5 nitrogen and oxygen atoms in total. The summed E-state index contributed by atoms with van der Waals surface area (Å²) >= 11 is 5.81. The van der Waals surface area contributed by atoms with E-state index in [1.807, 2.05) is 0 Å². The van der Waals surface area contributed by atoms with E-state index in [-0.39, 0.29) is 5.15 Å². The van der Waals surface area contributed by atoms with Crippen LogP contribution in [0.4, 0.5) is 9.18 Å². The molecule has 2 unspecified atom stereocenters. The summed E-state index contributed by atoms with van der Waals surface area (Å²) in [6.07, 6.45) is 0.0493. The summed E-state index contributed by atoms with van der Waals surface area (Å²) in [5.41, 5.74) is 1.05. The molecular weight excluding hydrogens is 285 g/mol. The maximum absolute atomic E-state index is 13.3. The molecule has 1 aromatic carbocycles. The van der Waals surface area contributed by atoms with Gasteiger partial charge in [-0.15, -0.1) is 0 Å². The maximum atomic E-state index is 13.3. The number of ether oxygens (including phenoxy) is 1. The van der Waals surface area contributed by atoms with Crippen LogP contribution < -0.4 is 5.32 Å². The first-order chi connectivity index (χ1) is 9.63. The highest BCUT2D eigenvalue weighted by Crippen LogP contribution is 2.36. The lowest BCUT2D eigenvalue weighted by molar-refractivity contribution is 0.131. The van der Waals surface area contributed by atoms with Gasteiger partial charge in [0, 0.05) is 0 Å². The molecule has 1 aliphatic heterocycles. The van der Waals surface area contributed by atoms with Crippen molar-refractivity contribution < 1.29 is 13.9 Å². The predicted octanol–water partition coefficient (Wildman–Crippen LogP) is 2.79. The molecule has 0 bridgehead atoms. The number of amides is 1. The van der Waals surface area contributed by atoms with Gasteiger partial charge in [0.25, 0.3) is 0 Å². The number of aromatic nitrogens is 2. The highest BCUT2D eigenvalue weighted by Gasteiger charge is 2.37. The molecule has 0 radical (unpaired) electrons. The Balaban J connectivity index is 1.99. The zero-order chi connectivity index (χ0) is 14.1. The molecule has 0 saturated carbocycles. The van der Waals surface area contributed by atoms with Gasteiger partial charge in [-0.25, -0.2) is 19.2 Å². The van der Waals surface area contributed by atoms with Crippen LogP contribution in [0.2, 0.25) is 5.15 Å². The van der Waals surface area contributed by atoms with Crippen LogP contribution in [-0.4, -0.2) is 16.1 Å². The second-order valence-electron chi connectivity index (χ2n) is 4.27. The fraction of sp³-hybridized carbons (Fsp3) is 0.154. The molecule has 1 aliphatic rings. The van der Waals surface area contributed by atoms with E-state index in [0.29, 0.717) is 11.3 Å². The van der Waals surface area contributed by atoms with Gasteiger partial charge < -0.3 is 10.1 Å². The molecule has 2 atom stereocenters. The van der Waals surface area contributed by atoms with E-state index >= 15 is 0 Å². The van der Waals surface area contributed by atoms with Crippen LogP contribution in [0.15, 0.2) is 36.7 Å². The van der Waals surface area contributed by atoms with Gasteiger partial charge in [-0.05, 0) is 23.8 Å². The number of rotatable bonds is 2. The van der Waals surface area contributed by atoms with Gasteiger partial charge in [-0.3, -0.25) is 0 Å². The normalized spacial score (nSPS) is 21.4. The Morgan fingerprint density at radius 2 is 2.15 bits per heavy atom. The third-order valence-electron chi connectivity index (χ3n) is 2.96. The minimum absolute atomic E-state index is 0.258. The summed E-state index contributed by atoms with van der Waals surface area (Å²) in [4.78, 5) is 19.3. The summed E-state index contributed by atoms with van der Waals surface area (Å²) in [6.45, 7) is 0. The van der Waals surface area contributed by atoms with Crippen LogP contribution in [-0.2, 0) is 4.74 Å². The van der Waals surface area contributed by atoms with Crippen LogP contribution in [0, 0.1) is 5.82 Å². The molecule has 0 spiro atoms. The predicted molar refractivity (Wildman–Crippen MR) is 68.5 cm³/mol. The number of hydrogen-bond donors (Lipinski definition) is 1. The van der Waals surface area contributed by atoms with E-state index in [0.717, 1.165) is 0 Å². The molecule has 2 aromatic rings. The molecular formula is C13H9ClFN3O2. The first-order valence-electron chi connectivity index (χ1n) is 5.83. The smallest absolute Gasteiger partial charge is 0.408 e. The number of nitrogens with one attached hydrogen (secondary N) is 1. The molecule has 7 heteroatoms. The quantitative estimate of drug-likeness (QED) is 0.865. The van der Waals surface area contributed by atoms with Gasteiger partial charge in [0.15, 0.2) is 6.10 Å². The Morgan fingerprint density at radius 1 is 1.30 bits per heavy atom. The number of hydrogen-bond acceptors (Lipinski definition) is 4. The Kier molecular flexibility index (Phi) is 3.23. The first-order valence-corrected chi connectivity index (χ1v) is 6.21. The minimum atomic E-state index is -0.663. The SMILES string of the molecule is O=C1NC(c2cc(Cl)ncn2)C(c2cccc(F)c2)O1. The fourth-order valence-electron chi connectivity index (χ4n) is 2.11. The molecule has 1 N–H and O–H groups in total. The van der Waals surface area contributed by atoms with Crippen LogP contribution in [0.5, 0.6) is 0 Å². The number of benzene rings is 1. The molecule has 1 fully saturated rings. The molecule has 0 aliphatic carbocycles. The molecule has 1 amide bonds. The largest absolute Gasteiger partial charge is 0.439 e. The van der Waals surface area contributed by atoms with E-state index in [2.05, 4.69) is 15.3 Å². The summed E-state index contributed by atoms with van der Waals surface area (Å²) in [5, 5.41) is 2.89. The lowest BCUT2D eigenvalue weighted by Crippen LogP contribution is -2.20. The van der Waals surface area contributed by atoms with Crippen molar-refractivity contribution in [1.29, 1.82) is 0 Å². The number of nitrogens with zero attached hydrogens (tertiary/aromatic N) is 2. The first kappa shape index (κ1) is 12.8. The highest BCUT2D eigenvalue weighted by atomic mass is 35.5. The Hall–Kier alpha value is -2.21. The Labute approximate surface area is 118 Å². The number of cyclic esters (lactones) is 1. The number of carbonyl (C=O) groups excluding carboxylic acids is 1. The van der Waals surface area contributed by atoms with Crippen molar-refractivity contribution in [3.63, 3.8) is 0 Å². The maximum Gasteiger partial charge on any atom is 0.408 e. The van der Waals surface area contributed by atoms with Crippen LogP contribution in [0.25, 0.3) is 0 Å². The molecule has 1 aromatic heterocycles. The molecule has 102 valence electrons. The number of halogens is 2. The second-order valence-corrected chi connectivity index (χ2v) is 4.66. The van der Waals surface area contributed by atoms with Crippen molar-refractivity contribution in [2.75, 3.05) is 0 Å². The Morgan fingerprint density at radius 3 is 2.90 bits per heavy atom. The fourth-order valence-corrected chi connectivity index (χ4v) is 2.27. The van der Waals surface area contributed by atoms with Gasteiger partial charge >= 0.3 is 6.09 Å². The number of alkyl carbamates (subject to hydrolysis) is 1.